The maximum absolute atomic E-state index is 2.44. The van der Waals surface area contributed by atoms with Gasteiger partial charge in [-0.15, -0.1) is 0 Å². The molecule has 0 atom stereocenters. The molecule has 2 aromatic carbocycles. The van der Waals surface area contributed by atoms with E-state index in [-0.39, 0.29) is 0 Å². The first-order valence-electron chi connectivity index (χ1n) is 4.49. The summed E-state index contributed by atoms with van der Waals surface area (Å²) in [5.41, 5.74) is 2.62. The van der Waals surface area contributed by atoms with Crippen LogP contribution in [-0.2, 0) is 0 Å². The van der Waals surface area contributed by atoms with Gasteiger partial charge in [-0.3, -0.25) is 0 Å². The number of halogens is 4. The minimum Gasteiger partial charge on any atom is -0.0622 e. The smallest absolute Gasteiger partial charge is 0.0414 e. The van der Waals surface area contributed by atoms with Gasteiger partial charge in [0, 0.05) is 14.3 Å². The summed E-state index contributed by atoms with van der Waals surface area (Å²) < 4.78 is 5.36. The molecule has 0 amide bonds. The summed E-state index contributed by atoms with van der Waals surface area (Å²) in [6, 6.07) is 12.8. The van der Waals surface area contributed by atoms with E-state index in [1.54, 1.807) is 0 Å². The van der Waals surface area contributed by atoms with Gasteiger partial charge in [0.25, 0.3) is 0 Å². The lowest BCUT2D eigenvalue weighted by atomic mass is 10.1. The molecule has 0 saturated carbocycles. The maximum Gasteiger partial charge on any atom is 0.0414 e. The molecule has 0 unspecified atom stereocenters. The SMILES string of the molecule is Ic1cc(-c2ccccc2)c(I)c(I)c1I. The minimum absolute atomic E-state index is 1.29. The second kappa shape index (κ2) is 6.00. The van der Waals surface area contributed by atoms with Crippen LogP contribution in [0.1, 0.15) is 0 Å². The highest BCUT2D eigenvalue weighted by Gasteiger charge is 2.12. The summed E-state index contributed by atoms with van der Waals surface area (Å²) in [5, 5.41) is 0. The minimum atomic E-state index is 1.29. The van der Waals surface area contributed by atoms with Gasteiger partial charge in [-0.05, 0) is 108 Å². The first kappa shape index (κ1) is 13.8. The van der Waals surface area contributed by atoms with Gasteiger partial charge in [-0.25, -0.2) is 0 Å². The van der Waals surface area contributed by atoms with Gasteiger partial charge in [-0.1, -0.05) is 30.3 Å². The van der Waals surface area contributed by atoms with Crippen molar-refractivity contribution < 1.29 is 0 Å². The Balaban J connectivity index is 2.68. The van der Waals surface area contributed by atoms with E-state index in [0.29, 0.717) is 0 Å². The molecule has 0 spiro atoms. The molecule has 0 aromatic heterocycles. The van der Waals surface area contributed by atoms with E-state index >= 15 is 0 Å². The van der Waals surface area contributed by atoms with Crippen molar-refractivity contribution in [2.45, 2.75) is 0 Å². The zero-order valence-electron chi connectivity index (χ0n) is 7.98. The number of hydrogen-bond acceptors (Lipinski definition) is 0. The predicted octanol–water partition coefficient (Wildman–Crippen LogP) is 5.77. The largest absolute Gasteiger partial charge is 0.0622 e. The fourth-order valence-electron chi connectivity index (χ4n) is 1.40. The number of hydrogen-bond donors (Lipinski definition) is 0. The summed E-state index contributed by atoms with van der Waals surface area (Å²) >= 11 is 9.68. The molecule has 0 N–H and O–H groups in total. The Kier molecular flexibility index (Phi) is 5.17. The van der Waals surface area contributed by atoms with Gasteiger partial charge < -0.3 is 0 Å². The van der Waals surface area contributed by atoms with E-state index in [4.69, 9.17) is 0 Å². The van der Waals surface area contributed by atoms with Crippen LogP contribution in [0.25, 0.3) is 11.1 Å². The highest BCUT2D eigenvalue weighted by Crippen LogP contribution is 2.34. The first-order valence-corrected chi connectivity index (χ1v) is 8.81. The summed E-state index contributed by atoms with van der Waals surface area (Å²) in [7, 11) is 0. The van der Waals surface area contributed by atoms with Crippen LogP contribution in [0, 0.1) is 14.3 Å². The molecule has 0 aliphatic rings. The quantitative estimate of drug-likeness (QED) is 0.208. The molecule has 16 heavy (non-hydrogen) atoms. The van der Waals surface area contributed by atoms with Gasteiger partial charge >= 0.3 is 0 Å². The van der Waals surface area contributed by atoms with Crippen molar-refractivity contribution in [2.24, 2.45) is 0 Å². The van der Waals surface area contributed by atoms with Gasteiger partial charge in [0.2, 0.25) is 0 Å². The van der Waals surface area contributed by atoms with E-state index in [1.807, 2.05) is 0 Å². The van der Waals surface area contributed by atoms with Crippen LogP contribution in [0.3, 0.4) is 0 Å². The Bertz CT molecular complexity index is 520. The Labute approximate surface area is 150 Å². The van der Waals surface area contributed by atoms with Gasteiger partial charge in [0.15, 0.2) is 0 Å². The molecule has 0 nitrogen and oxygen atoms in total. The summed E-state index contributed by atoms with van der Waals surface area (Å²) in [6.45, 7) is 0. The van der Waals surface area contributed by atoms with E-state index < -0.39 is 0 Å². The van der Waals surface area contributed by atoms with Crippen LogP contribution in [0.5, 0.6) is 0 Å². The Morgan fingerprint density at radius 3 is 1.94 bits per heavy atom. The molecule has 82 valence electrons. The third-order valence-corrected chi connectivity index (χ3v) is 9.45. The second-order valence-electron chi connectivity index (χ2n) is 3.21. The van der Waals surface area contributed by atoms with Crippen LogP contribution in [0.4, 0.5) is 0 Å². The standard InChI is InChI=1S/C12H6I4/c13-9-6-8(7-4-2-1-3-5-7)10(14)12(16)11(9)15/h1-6H. The van der Waals surface area contributed by atoms with Crippen molar-refractivity contribution in [3.63, 3.8) is 0 Å². The van der Waals surface area contributed by atoms with E-state index in [2.05, 4.69) is 127 Å². The predicted molar refractivity (Wildman–Crippen MR) is 103 cm³/mol. The number of rotatable bonds is 1. The lowest BCUT2D eigenvalue weighted by Gasteiger charge is -2.10. The molecule has 2 rings (SSSR count). The van der Waals surface area contributed by atoms with E-state index in [9.17, 15) is 0 Å². The normalized spacial score (nSPS) is 10.5. The molecule has 0 saturated heterocycles. The molecule has 0 radical (unpaired) electrons. The topological polar surface area (TPSA) is 0 Å². The third-order valence-electron chi connectivity index (χ3n) is 2.19. The molecule has 2 aromatic rings. The van der Waals surface area contributed by atoms with Crippen molar-refractivity contribution in [3.05, 3.63) is 50.7 Å². The Morgan fingerprint density at radius 1 is 0.688 bits per heavy atom. The van der Waals surface area contributed by atoms with Crippen molar-refractivity contribution in [2.75, 3.05) is 0 Å². The van der Waals surface area contributed by atoms with E-state index in [1.165, 1.54) is 25.4 Å². The second-order valence-corrected chi connectivity index (χ2v) is 7.61. The van der Waals surface area contributed by atoms with Crippen molar-refractivity contribution in [3.8, 4) is 11.1 Å². The lowest BCUT2D eigenvalue weighted by molar-refractivity contribution is 1.46. The highest BCUT2D eigenvalue weighted by molar-refractivity contribution is 14.1. The van der Waals surface area contributed by atoms with Crippen molar-refractivity contribution in [1.82, 2.24) is 0 Å². The summed E-state index contributed by atoms with van der Waals surface area (Å²) in [5.74, 6) is 0. The molecule has 0 bridgehead atoms. The maximum atomic E-state index is 2.44. The van der Waals surface area contributed by atoms with Crippen LogP contribution >= 0.6 is 90.4 Å². The fraction of sp³-hybridized carbons (Fsp3) is 0. The van der Waals surface area contributed by atoms with Crippen molar-refractivity contribution >= 4 is 90.4 Å². The van der Waals surface area contributed by atoms with Gasteiger partial charge in [0.1, 0.15) is 0 Å². The van der Waals surface area contributed by atoms with Crippen LogP contribution in [-0.4, -0.2) is 0 Å². The van der Waals surface area contributed by atoms with Crippen molar-refractivity contribution in [1.29, 1.82) is 0 Å². The Hall–Kier alpha value is 1.36. The summed E-state index contributed by atoms with van der Waals surface area (Å²) in [6.07, 6.45) is 0. The summed E-state index contributed by atoms with van der Waals surface area (Å²) in [4.78, 5) is 0. The van der Waals surface area contributed by atoms with E-state index in [0.717, 1.165) is 0 Å². The highest BCUT2D eigenvalue weighted by atomic mass is 127. The van der Waals surface area contributed by atoms with Gasteiger partial charge in [0.05, 0.1) is 0 Å². The average Bonchev–Trinajstić information content (AvgIpc) is 2.32. The van der Waals surface area contributed by atoms with Crippen LogP contribution in [0.15, 0.2) is 36.4 Å². The zero-order chi connectivity index (χ0) is 11.7. The number of benzene rings is 2. The molecule has 0 heterocycles. The average molecular weight is 658 g/mol. The van der Waals surface area contributed by atoms with Gasteiger partial charge in [-0.2, -0.15) is 0 Å². The molecule has 0 fully saturated rings. The van der Waals surface area contributed by atoms with Crippen LogP contribution < -0.4 is 0 Å². The fourth-order valence-corrected chi connectivity index (χ4v) is 4.76. The molecular formula is C12H6I4. The Morgan fingerprint density at radius 2 is 1.31 bits per heavy atom. The molecule has 0 aliphatic carbocycles. The zero-order valence-corrected chi connectivity index (χ0v) is 16.6. The monoisotopic (exact) mass is 658 g/mol. The van der Waals surface area contributed by atoms with Crippen LogP contribution in [0.2, 0.25) is 0 Å². The first-order chi connectivity index (χ1) is 7.61. The molecule has 4 heteroatoms. The molecular weight excluding hydrogens is 652 g/mol. The third kappa shape index (κ3) is 2.85. The molecule has 0 aliphatic heterocycles. The lowest BCUT2D eigenvalue weighted by Crippen LogP contribution is -1.94.